The molecule has 0 N–H and O–H groups in total. The van der Waals surface area contributed by atoms with Crippen molar-refractivity contribution in [1.29, 1.82) is 0 Å². The molecule has 27 heavy (non-hydrogen) atoms. The SMILES string of the molecule is Cc1ncc(CN2CCC3(CC2)CC(=O)N(Cc2ccc(Cl)cc2)C3)cn1. The van der Waals surface area contributed by atoms with Crippen LogP contribution < -0.4 is 0 Å². The number of likely N-dealkylation sites (tertiary alicyclic amines) is 2. The first-order chi connectivity index (χ1) is 13.0. The number of amides is 1. The summed E-state index contributed by atoms with van der Waals surface area (Å²) < 4.78 is 0. The van der Waals surface area contributed by atoms with Gasteiger partial charge in [0.2, 0.25) is 5.91 Å². The Labute approximate surface area is 165 Å². The molecule has 2 saturated heterocycles. The Bertz CT molecular complexity index is 798. The number of aromatic nitrogens is 2. The topological polar surface area (TPSA) is 49.3 Å². The van der Waals surface area contributed by atoms with E-state index in [0.29, 0.717) is 13.0 Å². The fraction of sp³-hybridized carbons (Fsp3) is 0.476. The molecule has 2 fully saturated rings. The molecular formula is C21H25ClN4O. The number of nitrogens with zero attached hydrogens (tertiary/aromatic N) is 4. The number of hydrogen-bond donors (Lipinski definition) is 0. The number of carbonyl (C=O) groups excluding carboxylic acids is 1. The van der Waals surface area contributed by atoms with Crippen molar-refractivity contribution < 1.29 is 4.79 Å². The van der Waals surface area contributed by atoms with Gasteiger partial charge in [-0.15, -0.1) is 0 Å². The van der Waals surface area contributed by atoms with E-state index in [2.05, 4.69) is 14.9 Å². The number of halogens is 1. The maximum absolute atomic E-state index is 12.6. The zero-order valence-corrected chi connectivity index (χ0v) is 16.5. The van der Waals surface area contributed by atoms with Crippen molar-refractivity contribution in [2.75, 3.05) is 19.6 Å². The Hall–Kier alpha value is -1.98. The van der Waals surface area contributed by atoms with Gasteiger partial charge in [-0.3, -0.25) is 9.69 Å². The lowest BCUT2D eigenvalue weighted by Gasteiger charge is -2.38. The van der Waals surface area contributed by atoms with Crippen molar-refractivity contribution in [3.63, 3.8) is 0 Å². The van der Waals surface area contributed by atoms with E-state index >= 15 is 0 Å². The van der Waals surface area contributed by atoms with Crippen molar-refractivity contribution >= 4 is 17.5 Å². The van der Waals surface area contributed by atoms with Crippen molar-refractivity contribution in [3.8, 4) is 0 Å². The van der Waals surface area contributed by atoms with Gasteiger partial charge >= 0.3 is 0 Å². The third-order valence-electron chi connectivity index (χ3n) is 5.85. The van der Waals surface area contributed by atoms with Crippen LogP contribution in [0.15, 0.2) is 36.7 Å². The lowest BCUT2D eigenvalue weighted by atomic mass is 9.77. The molecule has 0 atom stereocenters. The van der Waals surface area contributed by atoms with Gasteiger partial charge in [0, 0.05) is 49.0 Å². The summed E-state index contributed by atoms with van der Waals surface area (Å²) in [5, 5.41) is 0.731. The normalized spacial score (nSPS) is 19.8. The Morgan fingerprint density at radius 3 is 2.37 bits per heavy atom. The van der Waals surface area contributed by atoms with Crippen LogP contribution in [-0.2, 0) is 17.9 Å². The molecule has 2 aliphatic heterocycles. The number of benzene rings is 1. The summed E-state index contributed by atoms with van der Waals surface area (Å²) >= 11 is 5.96. The van der Waals surface area contributed by atoms with Gasteiger partial charge in [0.15, 0.2) is 0 Å². The highest BCUT2D eigenvalue weighted by molar-refractivity contribution is 6.30. The van der Waals surface area contributed by atoms with Crippen LogP contribution in [0.2, 0.25) is 5.02 Å². The van der Waals surface area contributed by atoms with E-state index in [1.807, 2.05) is 48.5 Å². The van der Waals surface area contributed by atoms with E-state index in [-0.39, 0.29) is 11.3 Å². The minimum Gasteiger partial charge on any atom is -0.338 e. The Kier molecular flexibility index (Phi) is 5.15. The van der Waals surface area contributed by atoms with Crippen molar-refractivity contribution in [2.24, 2.45) is 5.41 Å². The maximum atomic E-state index is 12.6. The number of piperidine rings is 1. The predicted octanol–water partition coefficient (Wildman–Crippen LogP) is 3.45. The van der Waals surface area contributed by atoms with Gasteiger partial charge in [-0.25, -0.2) is 9.97 Å². The monoisotopic (exact) mass is 384 g/mol. The van der Waals surface area contributed by atoms with Gasteiger partial charge in [-0.2, -0.15) is 0 Å². The van der Waals surface area contributed by atoms with Gasteiger partial charge < -0.3 is 4.90 Å². The summed E-state index contributed by atoms with van der Waals surface area (Å²) in [6, 6.07) is 7.79. The second-order valence-electron chi connectivity index (χ2n) is 7.97. The second kappa shape index (κ2) is 7.56. The minimum atomic E-state index is 0.143. The molecule has 0 radical (unpaired) electrons. The van der Waals surface area contributed by atoms with Crippen LogP contribution in [0.25, 0.3) is 0 Å². The van der Waals surface area contributed by atoms with Crippen LogP contribution >= 0.6 is 11.6 Å². The first-order valence-electron chi connectivity index (χ1n) is 9.54. The third kappa shape index (κ3) is 4.30. The molecule has 6 heteroatoms. The predicted molar refractivity (Wildman–Crippen MR) is 105 cm³/mol. The van der Waals surface area contributed by atoms with Gasteiger partial charge in [-0.05, 0) is 56.0 Å². The zero-order chi connectivity index (χ0) is 18.9. The number of rotatable bonds is 4. The van der Waals surface area contributed by atoms with Gasteiger partial charge in [0.05, 0.1) is 0 Å². The van der Waals surface area contributed by atoms with Gasteiger partial charge in [0.1, 0.15) is 5.82 Å². The summed E-state index contributed by atoms with van der Waals surface area (Å²) in [7, 11) is 0. The lowest BCUT2D eigenvalue weighted by Crippen LogP contribution is -2.41. The van der Waals surface area contributed by atoms with Crippen LogP contribution in [0.3, 0.4) is 0 Å². The molecule has 142 valence electrons. The van der Waals surface area contributed by atoms with Crippen LogP contribution in [0.5, 0.6) is 0 Å². The smallest absolute Gasteiger partial charge is 0.223 e. The highest BCUT2D eigenvalue weighted by atomic mass is 35.5. The molecule has 2 aromatic rings. The van der Waals surface area contributed by atoms with E-state index < -0.39 is 0 Å². The maximum Gasteiger partial charge on any atom is 0.223 e. The Morgan fingerprint density at radius 2 is 1.70 bits per heavy atom. The average Bonchev–Trinajstić information content (AvgIpc) is 2.96. The number of carbonyl (C=O) groups is 1. The molecule has 3 heterocycles. The standard InChI is InChI=1S/C21H25ClN4O/c1-16-23-11-18(12-24-16)13-25-8-6-21(7-9-25)10-20(27)26(15-21)14-17-2-4-19(22)5-3-17/h2-5,11-12H,6-10,13-15H2,1H3. The quantitative estimate of drug-likeness (QED) is 0.810. The van der Waals surface area contributed by atoms with E-state index in [9.17, 15) is 4.79 Å². The Balaban J connectivity index is 1.33. The largest absolute Gasteiger partial charge is 0.338 e. The highest BCUT2D eigenvalue weighted by Gasteiger charge is 2.44. The first-order valence-corrected chi connectivity index (χ1v) is 9.91. The zero-order valence-electron chi connectivity index (χ0n) is 15.7. The van der Waals surface area contributed by atoms with E-state index in [1.165, 1.54) is 0 Å². The summed E-state index contributed by atoms with van der Waals surface area (Å²) in [5.74, 6) is 1.09. The van der Waals surface area contributed by atoms with E-state index in [4.69, 9.17) is 11.6 Å². The molecule has 1 aromatic carbocycles. The molecule has 0 saturated carbocycles. The molecule has 1 spiro atoms. The molecule has 0 bridgehead atoms. The highest BCUT2D eigenvalue weighted by Crippen LogP contribution is 2.41. The molecule has 1 aromatic heterocycles. The number of aryl methyl sites for hydroxylation is 1. The fourth-order valence-corrected chi connectivity index (χ4v) is 4.34. The summed E-state index contributed by atoms with van der Waals surface area (Å²) in [6.07, 6.45) is 6.66. The van der Waals surface area contributed by atoms with Gasteiger partial charge in [0.25, 0.3) is 0 Å². The summed E-state index contributed by atoms with van der Waals surface area (Å²) in [6.45, 7) is 6.39. The molecule has 1 amide bonds. The molecule has 2 aliphatic rings. The van der Waals surface area contributed by atoms with Crippen LogP contribution in [-0.4, -0.2) is 45.3 Å². The minimum absolute atomic E-state index is 0.143. The van der Waals surface area contributed by atoms with Crippen LogP contribution in [0.4, 0.5) is 0 Å². The summed E-state index contributed by atoms with van der Waals surface area (Å²) in [5.41, 5.74) is 2.44. The fourth-order valence-electron chi connectivity index (χ4n) is 4.22. The lowest BCUT2D eigenvalue weighted by molar-refractivity contribution is -0.128. The molecule has 0 unspecified atom stereocenters. The number of hydrogen-bond acceptors (Lipinski definition) is 4. The summed E-state index contributed by atoms with van der Waals surface area (Å²) in [4.78, 5) is 25.6. The molecule has 0 aliphatic carbocycles. The second-order valence-corrected chi connectivity index (χ2v) is 8.40. The van der Waals surface area contributed by atoms with E-state index in [1.54, 1.807) is 0 Å². The average molecular weight is 385 g/mol. The van der Waals surface area contributed by atoms with Crippen molar-refractivity contribution in [3.05, 3.63) is 58.6 Å². The van der Waals surface area contributed by atoms with Gasteiger partial charge in [-0.1, -0.05) is 23.7 Å². The molecular weight excluding hydrogens is 360 g/mol. The molecule has 4 rings (SSSR count). The van der Waals surface area contributed by atoms with Crippen molar-refractivity contribution in [1.82, 2.24) is 19.8 Å². The van der Waals surface area contributed by atoms with E-state index in [0.717, 1.165) is 61.0 Å². The third-order valence-corrected chi connectivity index (χ3v) is 6.10. The van der Waals surface area contributed by atoms with Crippen molar-refractivity contribution in [2.45, 2.75) is 39.3 Å². The molecule has 5 nitrogen and oxygen atoms in total. The van der Waals surface area contributed by atoms with Crippen LogP contribution in [0.1, 0.15) is 36.2 Å². The van der Waals surface area contributed by atoms with Crippen LogP contribution in [0, 0.1) is 12.3 Å². The Morgan fingerprint density at radius 1 is 1.04 bits per heavy atom. The first kappa shape index (κ1) is 18.4.